The largest absolute Gasteiger partial charge is 0.299 e. The lowest BCUT2D eigenvalue weighted by molar-refractivity contribution is -0.119. The molecule has 1 atom stereocenters. The van der Waals surface area contributed by atoms with Gasteiger partial charge in [-0.15, -0.1) is 15.3 Å². The maximum absolute atomic E-state index is 12.0. The zero-order valence-corrected chi connectivity index (χ0v) is 11.2. The highest BCUT2D eigenvalue weighted by atomic mass is 32.1. The molecule has 1 N–H and O–H groups in total. The van der Waals surface area contributed by atoms with Crippen LogP contribution in [0, 0.1) is 0 Å². The van der Waals surface area contributed by atoms with E-state index in [-0.39, 0.29) is 5.91 Å². The summed E-state index contributed by atoms with van der Waals surface area (Å²) in [7, 11) is 0. The van der Waals surface area contributed by atoms with Crippen molar-refractivity contribution in [2.45, 2.75) is 38.1 Å². The van der Waals surface area contributed by atoms with Crippen molar-refractivity contribution in [1.82, 2.24) is 30.4 Å². The van der Waals surface area contributed by atoms with Crippen LogP contribution in [0.15, 0.2) is 6.33 Å². The van der Waals surface area contributed by atoms with Crippen LogP contribution in [0.2, 0.25) is 0 Å². The van der Waals surface area contributed by atoms with Crippen LogP contribution < -0.4 is 5.32 Å². The lowest BCUT2D eigenvalue weighted by Gasteiger charge is -2.21. The molecule has 0 saturated heterocycles. The van der Waals surface area contributed by atoms with Gasteiger partial charge in [0.25, 0.3) is 5.91 Å². The van der Waals surface area contributed by atoms with Gasteiger partial charge in [-0.2, -0.15) is 0 Å². The molecule has 1 amide bonds. The molecule has 1 fully saturated rings. The Balaban J connectivity index is 1.64. The van der Waals surface area contributed by atoms with Crippen molar-refractivity contribution in [3.8, 4) is 0 Å². The van der Waals surface area contributed by atoms with Crippen LogP contribution in [-0.2, 0) is 4.79 Å². The highest BCUT2D eigenvalue weighted by Crippen LogP contribution is 2.38. The van der Waals surface area contributed by atoms with Gasteiger partial charge in [-0.05, 0) is 30.2 Å². The second kappa shape index (κ2) is 5.00. The van der Waals surface area contributed by atoms with Gasteiger partial charge in [0.2, 0.25) is 5.13 Å². The molecular weight excluding hydrogens is 266 g/mol. The van der Waals surface area contributed by atoms with Crippen LogP contribution in [0.4, 0.5) is 5.13 Å². The standard InChI is InChI=1S/C10H13N7OS/c1-6(17-5-11-15-16-17)8(18)12-10-14-13-9(19-10)7-3-2-4-7/h5-7H,2-4H2,1H3,(H,12,14,18)/t6-/m0/s1. The van der Waals surface area contributed by atoms with Gasteiger partial charge in [0.05, 0.1) is 0 Å². The first-order valence-electron chi connectivity index (χ1n) is 6.11. The molecule has 2 aromatic heterocycles. The van der Waals surface area contributed by atoms with Crippen molar-refractivity contribution >= 4 is 22.4 Å². The van der Waals surface area contributed by atoms with Crippen molar-refractivity contribution in [1.29, 1.82) is 0 Å². The quantitative estimate of drug-likeness (QED) is 0.896. The Labute approximate surface area is 113 Å². The summed E-state index contributed by atoms with van der Waals surface area (Å²) in [5.41, 5.74) is 0. The SMILES string of the molecule is C[C@@H](C(=O)Nc1nnc(C2CCC2)s1)n1cnnn1. The molecule has 1 aliphatic carbocycles. The summed E-state index contributed by atoms with van der Waals surface area (Å²) in [5.74, 6) is 0.323. The van der Waals surface area contributed by atoms with E-state index in [2.05, 4.69) is 31.0 Å². The Morgan fingerprint density at radius 3 is 3.00 bits per heavy atom. The Kier molecular flexibility index (Phi) is 3.20. The molecule has 0 aliphatic heterocycles. The van der Waals surface area contributed by atoms with Crippen LogP contribution in [0.3, 0.4) is 0 Å². The van der Waals surface area contributed by atoms with Gasteiger partial charge >= 0.3 is 0 Å². The minimum Gasteiger partial charge on any atom is -0.299 e. The van der Waals surface area contributed by atoms with E-state index >= 15 is 0 Å². The molecule has 0 radical (unpaired) electrons. The number of hydrogen-bond acceptors (Lipinski definition) is 7. The van der Waals surface area contributed by atoms with Gasteiger partial charge in [-0.3, -0.25) is 10.1 Å². The van der Waals surface area contributed by atoms with Crippen molar-refractivity contribution < 1.29 is 4.79 Å². The summed E-state index contributed by atoms with van der Waals surface area (Å²) in [6, 6.07) is -0.481. The monoisotopic (exact) mass is 279 g/mol. The highest BCUT2D eigenvalue weighted by Gasteiger charge is 2.24. The molecule has 100 valence electrons. The van der Waals surface area contributed by atoms with E-state index in [1.54, 1.807) is 6.92 Å². The highest BCUT2D eigenvalue weighted by molar-refractivity contribution is 7.15. The van der Waals surface area contributed by atoms with Crippen molar-refractivity contribution in [3.05, 3.63) is 11.3 Å². The van der Waals surface area contributed by atoms with Gasteiger partial charge < -0.3 is 0 Å². The van der Waals surface area contributed by atoms with Crippen LogP contribution in [0.25, 0.3) is 0 Å². The van der Waals surface area contributed by atoms with E-state index in [4.69, 9.17) is 0 Å². The summed E-state index contributed by atoms with van der Waals surface area (Å²) >= 11 is 1.44. The number of carbonyl (C=O) groups excluding carboxylic acids is 1. The van der Waals surface area contributed by atoms with Gasteiger partial charge in [-0.1, -0.05) is 17.8 Å². The summed E-state index contributed by atoms with van der Waals surface area (Å²) in [5, 5.41) is 23.1. The molecule has 0 aromatic carbocycles. The molecule has 9 heteroatoms. The van der Waals surface area contributed by atoms with Crippen LogP contribution in [0.1, 0.15) is 43.2 Å². The van der Waals surface area contributed by atoms with Crippen LogP contribution >= 0.6 is 11.3 Å². The number of rotatable bonds is 4. The topological polar surface area (TPSA) is 98.5 Å². The minimum atomic E-state index is -0.481. The number of nitrogens with one attached hydrogen (secondary N) is 1. The van der Waals surface area contributed by atoms with E-state index in [0.29, 0.717) is 11.0 Å². The lowest BCUT2D eigenvalue weighted by Crippen LogP contribution is -2.24. The van der Waals surface area contributed by atoms with Crippen molar-refractivity contribution in [2.75, 3.05) is 5.32 Å². The van der Waals surface area contributed by atoms with Crippen molar-refractivity contribution in [3.63, 3.8) is 0 Å². The number of tetrazole rings is 1. The number of amides is 1. The molecular formula is C10H13N7OS. The number of anilines is 1. The first kappa shape index (κ1) is 12.2. The Morgan fingerprint density at radius 2 is 2.37 bits per heavy atom. The second-order valence-electron chi connectivity index (χ2n) is 4.53. The molecule has 0 unspecified atom stereocenters. The van der Waals surface area contributed by atoms with Gasteiger partial charge in [-0.25, -0.2) is 4.68 Å². The third-order valence-corrected chi connectivity index (χ3v) is 4.27. The fourth-order valence-electron chi connectivity index (χ4n) is 1.78. The molecule has 1 aliphatic rings. The van der Waals surface area contributed by atoms with E-state index < -0.39 is 6.04 Å². The zero-order chi connectivity index (χ0) is 13.2. The normalized spacial score (nSPS) is 16.9. The molecule has 2 heterocycles. The fraction of sp³-hybridized carbons (Fsp3) is 0.600. The first-order chi connectivity index (χ1) is 9.24. The predicted octanol–water partition coefficient (Wildman–Crippen LogP) is 0.992. The van der Waals surface area contributed by atoms with Gasteiger partial charge in [0.1, 0.15) is 17.4 Å². The molecule has 19 heavy (non-hydrogen) atoms. The molecule has 8 nitrogen and oxygen atoms in total. The van der Waals surface area contributed by atoms with E-state index in [1.165, 1.54) is 41.6 Å². The maximum atomic E-state index is 12.0. The fourth-order valence-corrected chi connectivity index (χ4v) is 2.70. The third-order valence-electron chi connectivity index (χ3n) is 3.27. The number of nitrogens with zero attached hydrogens (tertiary/aromatic N) is 6. The van der Waals surface area contributed by atoms with Crippen LogP contribution in [-0.4, -0.2) is 36.3 Å². The van der Waals surface area contributed by atoms with E-state index in [0.717, 1.165) is 5.01 Å². The zero-order valence-electron chi connectivity index (χ0n) is 10.4. The summed E-state index contributed by atoms with van der Waals surface area (Å²) in [6.07, 6.45) is 5.00. The third kappa shape index (κ3) is 2.46. The van der Waals surface area contributed by atoms with E-state index in [1.807, 2.05) is 0 Å². The summed E-state index contributed by atoms with van der Waals surface area (Å²) in [4.78, 5) is 12.0. The molecule has 2 aromatic rings. The number of aromatic nitrogens is 6. The van der Waals surface area contributed by atoms with Gasteiger partial charge in [0.15, 0.2) is 0 Å². The number of carbonyl (C=O) groups is 1. The van der Waals surface area contributed by atoms with Crippen LogP contribution in [0.5, 0.6) is 0 Å². The summed E-state index contributed by atoms with van der Waals surface area (Å²) < 4.78 is 1.39. The average Bonchev–Trinajstić information content (AvgIpc) is 2.97. The first-order valence-corrected chi connectivity index (χ1v) is 6.92. The Bertz CT molecular complexity index is 562. The number of hydrogen-bond donors (Lipinski definition) is 1. The smallest absolute Gasteiger partial charge is 0.250 e. The Hall–Kier alpha value is -1.90. The molecule has 0 spiro atoms. The Morgan fingerprint density at radius 1 is 1.53 bits per heavy atom. The van der Waals surface area contributed by atoms with E-state index in [9.17, 15) is 4.79 Å². The molecule has 3 rings (SSSR count). The molecule has 1 saturated carbocycles. The maximum Gasteiger partial charge on any atom is 0.250 e. The van der Waals surface area contributed by atoms with Gasteiger partial charge in [0, 0.05) is 5.92 Å². The lowest BCUT2D eigenvalue weighted by atomic mass is 9.86. The predicted molar refractivity (Wildman–Crippen MR) is 67.7 cm³/mol. The second-order valence-corrected chi connectivity index (χ2v) is 5.54. The average molecular weight is 279 g/mol. The minimum absolute atomic E-state index is 0.205. The van der Waals surface area contributed by atoms with Crippen molar-refractivity contribution in [2.24, 2.45) is 0 Å². The summed E-state index contributed by atoms with van der Waals surface area (Å²) in [6.45, 7) is 1.72. The molecule has 0 bridgehead atoms.